The van der Waals surface area contributed by atoms with Gasteiger partial charge in [0.25, 0.3) is 0 Å². The van der Waals surface area contributed by atoms with Crippen molar-refractivity contribution in [3.63, 3.8) is 0 Å². The van der Waals surface area contributed by atoms with E-state index in [1.807, 2.05) is 12.3 Å². The fraction of sp³-hybridized carbons (Fsp3) is 0.688. The van der Waals surface area contributed by atoms with Crippen LogP contribution < -0.4 is 5.32 Å². The third kappa shape index (κ3) is 3.77. The van der Waals surface area contributed by atoms with Gasteiger partial charge in [-0.3, -0.25) is 9.88 Å². The smallest absolute Gasteiger partial charge is 0.0573 e. The summed E-state index contributed by atoms with van der Waals surface area (Å²) in [5, 5.41) is 3.69. The van der Waals surface area contributed by atoms with Gasteiger partial charge in [0.05, 0.1) is 5.69 Å². The number of nitrogens with one attached hydrogen (secondary N) is 1. The van der Waals surface area contributed by atoms with Crippen LogP contribution in [0.2, 0.25) is 0 Å². The molecule has 1 N–H and O–H groups in total. The average molecular weight is 261 g/mol. The van der Waals surface area contributed by atoms with E-state index in [0.717, 1.165) is 19.6 Å². The number of nitrogens with zero attached hydrogens (tertiary/aromatic N) is 2. The highest BCUT2D eigenvalue weighted by atomic mass is 15.2. The molecule has 1 fully saturated rings. The number of rotatable bonds is 5. The van der Waals surface area contributed by atoms with Crippen LogP contribution in [0.25, 0.3) is 0 Å². The molecule has 19 heavy (non-hydrogen) atoms. The molecule has 2 rings (SSSR count). The first-order valence-electron chi connectivity index (χ1n) is 7.62. The molecular formula is C16H27N3. The molecule has 2 heterocycles. The minimum absolute atomic E-state index is 0.648. The maximum atomic E-state index is 4.55. The molecule has 106 valence electrons. The van der Waals surface area contributed by atoms with E-state index in [-0.39, 0.29) is 0 Å². The van der Waals surface area contributed by atoms with Crippen LogP contribution in [-0.4, -0.2) is 35.1 Å². The van der Waals surface area contributed by atoms with Crippen LogP contribution in [0.3, 0.4) is 0 Å². The SMILES string of the molecule is CCCC1CN(Cc2ncccc2C)C(CC)CN1. The molecule has 1 saturated heterocycles. The standard InChI is InChI=1S/C16H27N3/c1-4-7-14-11-19(15(5-2)10-18-14)12-16-13(3)8-6-9-17-16/h6,8-9,14-15,18H,4-5,7,10-12H2,1-3H3. The lowest BCUT2D eigenvalue weighted by Crippen LogP contribution is -2.55. The Morgan fingerprint density at radius 3 is 2.95 bits per heavy atom. The summed E-state index contributed by atoms with van der Waals surface area (Å²) in [7, 11) is 0. The van der Waals surface area contributed by atoms with Gasteiger partial charge in [-0.1, -0.05) is 26.3 Å². The van der Waals surface area contributed by atoms with Gasteiger partial charge in [-0.2, -0.15) is 0 Å². The maximum absolute atomic E-state index is 4.55. The Kier molecular flexibility index (Phi) is 5.34. The van der Waals surface area contributed by atoms with Gasteiger partial charge >= 0.3 is 0 Å². The first-order valence-corrected chi connectivity index (χ1v) is 7.62. The van der Waals surface area contributed by atoms with Crippen LogP contribution in [0.4, 0.5) is 0 Å². The van der Waals surface area contributed by atoms with Crippen molar-refractivity contribution in [1.82, 2.24) is 15.2 Å². The maximum Gasteiger partial charge on any atom is 0.0573 e. The van der Waals surface area contributed by atoms with E-state index in [4.69, 9.17) is 0 Å². The van der Waals surface area contributed by atoms with Gasteiger partial charge in [0.1, 0.15) is 0 Å². The van der Waals surface area contributed by atoms with E-state index in [9.17, 15) is 0 Å². The van der Waals surface area contributed by atoms with Crippen LogP contribution in [0, 0.1) is 6.92 Å². The zero-order valence-electron chi connectivity index (χ0n) is 12.5. The highest BCUT2D eigenvalue weighted by molar-refractivity contribution is 5.17. The number of hydrogen-bond acceptors (Lipinski definition) is 3. The van der Waals surface area contributed by atoms with Crippen molar-refractivity contribution in [2.45, 2.75) is 58.7 Å². The normalized spacial score (nSPS) is 24.6. The van der Waals surface area contributed by atoms with Gasteiger partial charge < -0.3 is 5.32 Å². The molecule has 1 aliphatic rings. The molecule has 0 bridgehead atoms. The molecule has 0 aliphatic carbocycles. The second-order valence-electron chi connectivity index (χ2n) is 5.65. The van der Waals surface area contributed by atoms with Crippen molar-refractivity contribution < 1.29 is 0 Å². The summed E-state index contributed by atoms with van der Waals surface area (Å²) in [6.45, 7) is 9.98. The highest BCUT2D eigenvalue weighted by Gasteiger charge is 2.26. The fourth-order valence-electron chi connectivity index (χ4n) is 2.94. The number of aryl methyl sites for hydroxylation is 1. The number of piperazine rings is 1. The number of hydrogen-bond donors (Lipinski definition) is 1. The van der Waals surface area contributed by atoms with Crippen molar-refractivity contribution >= 4 is 0 Å². The van der Waals surface area contributed by atoms with Gasteiger partial charge in [0.15, 0.2) is 0 Å². The molecule has 0 spiro atoms. The Bertz CT molecular complexity index is 391. The number of pyridine rings is 1. The van der Waals surface area contributed by atoms with E-state index in [0.29, 0.717) is 12.1 Å². The lowest BCUT2D eigenvalue weighted by molar-refractivity contribution is 0.114. The lowest BCUT2D eigenvalue weighted by atomic mass is 10.0. The van der Waals surface area contributed by atoms with Crippen LogP contribution in [0.15, 0.2) is 18.3 Å². The molecule has 3 nitrogen and oxygen atoms in total. The van der Waals surface area contributed by atoms with Gasteiger partial charge in [-0.15, -0.1) is 0 Å². The van der Waals surface area contributed by atoms with Crippen LogP contribution in [0.1, 0.15) is 44.4 Å². The first-order chi connectivity index (χ1) is 9.24. The zero-order valence-corrected chi connectivity index (χ0v) is 12.5. The quantitative estimate of drug-likeness (QED) is 0.883. The fourth-order valence-corrected chi connectivity index (χ4v) is 2.94. The number of aromatic nitrogens is 1. The van der Waals surface area contributed by atoms with Gasteiger partial charge in [0, 0.05) is 37.9 Å². The molecule has 2 unspecified atom stereocenters. The van der Waals surface area contributed by atoms with Crippen molar-refractivity contribution in [2.24, 2.45) is 0 Å². The summed E-state index contributed by atoms with van der Waals surface area (Å²) in [5.41, 5.74) is 2.54. The monoisotopic (exact) mass is 261 g/mol. The van der Waals surface area contributed by atoms with Crippen molar-refractivity contribution in [3.05, 3.63) is 29.6 Å². The third-order valence-corrected chi connectivity index (χ3v) is 4.19. The van der Waals surface area contributed by atoms with Crippen LogP contribution in [0.5, 0.6) is 0 Å². The van der Waals surface area contributed by atoms with E-state index in [1.165, 1.54) is 30.5 Å². The molecular weight excluding hydrogens is 234 g/mol. The Morgan fingerprint density at radius 2 is 2.26 bits per heavy atom. The van der Waals surface area contributed by atoms with Crippen LogP contribution in [-0.2, 0) is 6.54 Å². The van der Waals surface area contributed by atoms with Gasteiger partial charge in [-0.05, 0) is 31.4 Å². The third-order valence-electron chi connectivity index (χ3n) is 4.19. The minimum atomic E-state index is 0.648. The molecule has 1 aliphatic heterocycles. The van der Waals surface area contributed by atoms with Crippen molar-refractivity contribution in [1.29, 1.82) is 0 Å². The molecule has 1 aromatic heterocycles. The van der Waals surface area contributed by atoms with Crippen molar-refractivity contribution in [3.8, 4) is 0 Å². The van der Waals surface area contributed by atoms with Crippen molar-refractivity contribution in [2.75, 3.05) is 13.1 Å². The zero-order chi connectivity index (χ0) is 13.7. The molecule has 0 saturated carbocycles. The van der Waals surface area contributed by atoms with E-state index in [1.54, 1.807) is 0 Å². The first kappa shape index (κ1) is 14.5. The second kappa shape index (κ2) is 7.01. The molecule has 0 amide bonds. The lowest BCUT2D eigenvalue weighted by Gasteiger charge is -2.40. The summed E-state index contributed by atoms with van der Waals surface area (Å²) in [6, 6.07) is 5.48. The van der Waals surface area contributed by atoms with Gasteiger partial charge in [-0.25, -0.2) is 0 Å². The summed E-state index contributed by atoms with van der Waals surface area (Å²) >= 11 is 0. The molecule has 0 radical (unpaired) electrons. The summed E-state index contributed by atoms with van der Waals surface area (Å²) in [4.78, 5) is 7.17. The Labute approximate surface area is 117 Å². The predicted molar refractivity (Wildman–Crippen MR) is 80.2 cm³/mol. The summed E-state index contributed by atoms with van der Waals surface area (Å²) < 4.78 is 0. The molecule has 1 aromatic rings. The van der Waals surface area contributed by atoms with E-state index < -0.39 is 0 Å². The largest absolute Gasteiger partial charge is 0.311 e. The molecule has 0 aromatic carbocycles. The van der Waals surface area contributed by atoms with Crippen LogP contribution >= 0.6 is 0 Å². The Balaban J connectivity index is 2.04. The average Bonchev–Trinajstić information content (AvgIpc) is 2.42. The summed E-state index contributed by atoms with van der Waals surface area (Å²) in [6.07, 6.45) is 5.64. The summed E-state index contributed by atoms with van der Waals surface area (Å²) in [5.74, 6) is 0. The highest BCUT2D eigenvalue weighted by Crippen LogP contribution is 2.17. The topological polar surface area (TPSA) is 28.2 Å². The van der Waals surface area contributed by atoms with E-state index >= 15 is 0 Å². The Hall–Kier alpha value is -0.930. The molecule has 2 atom stereocenters. The molecule has 3 heteroatoms. The predicted octanol–water partition coefficient (Wildman–Crippen LogP) is 2.74. The van der Waals surface area contributed by atoms with Gasteiger partial charge in [0.2, 0.25) is 0 Å². The van der Waals surface area contributed by atoms with E-state index in [2.05, 4.69) is 42.0 Å². The minimum Gasteiger partial charge on any atom is -0.311 e. The second-order valence-corrected chi connectivity index (χ2v) is 5.65. The Morgan fingerprint density at radius 1 is 1.42 bits per heavy atom.